The average molecular weight is 369 g/mol. The fourth-order valence-electron chi connectivity index (χ4n) is 3.10. The zero-order valence-electron chi connectivity index (χ0n) is 14.0. The van der Waals surface area contributed by atoms with Gasteiger partial charge in [0.1, 0.15) is 11.9 Å². The van der Waals surface area contributed by atoms with Gasteiger partial charge in [-0.05, 0) is 61.6 Å². The predicted molar refractivity (Wildman–Crippen MR) is 94.0 cm³/mol. The number of alkyl halides is 3. The Balaban J connectivity index is 1.65. The van der Waals surface area contributed by atoms with E-state index < -0.39 is 11.7 Å². The van der Waals surface area contributed by atoms with Gasteiger partial charge >= 0.3 is 6.18 Å². The molecule has 1 aromatic carbocycles. The van der Waals surface area contributed by atoms with Crippen LogP contribution in [-0.4, -0.2) is 24.5 Å². The third-order valence-electron chi connectivity index (χ3n) is 4.48. The van der Waals surface area contributed by atoms with Crippen molar-refractivity contribution in [3.63, 3.8) is 0 Å². The highest BCUT2D eigenvalue weighted by atomic mass is 32.1. The molecule has 1 saturated heterocycles. The Morgan fingerprint density at radius 2 is 1.76 bits per heavy atom. The molecule has 1 fully saturated rings. The summed E-state index contributed by atoms with van der Waals surface area (Å²) in [5, 5.41) is 2.00. The van der Waals surface area contributed by atoms with E-state index in [9.17, 15) is 13.2 Å². The van der Waals surface area contributed by atoms with Gasteiger partial charge in [0.25, 0.3) is 0 Å². The molecule has 0 bridgehead atoms. The summed E-state index contributed by atoms with van der Waals surface area (Å²) < 4.78 is 44.1. The number of ether oxygens (including phenoxy) is 1. The fraction of sp³-hybridized carbons (Fsp3) is 0.474. The first-order valence-corrected chi connectivity index (χ1v) is 9.50. The van der Waals surface area contributed by atoms with Gasteiger partial charge in [-0.15, -0.1) is 11.3 Å². The minimum absolute atomic E-state index is 0.126. The molecule has 136 valence electrons. The lowest BCUT2D eigenvalue weighted by Crippen LogP contribution is -2.31. The lowest BCUT2D eigenvalue weighted by atomic mass is 10.1. The Morgan fingerprint density at radius 1 is 1.04 bits per heavy atom. The largest absolute Gasteiger partial charge is 0.485 e. The molecule has 2 aromatic rings. The number of hydrogen-bond acceptors (Lipinski definition) is 3. The Labute approximate surface area is 150 Å². The zero-order chi connectivity index (χ0) is 17.7. The van der Waals surface area contributed by atoms with E-state index in [-0.39, 0.29) is 6.10 Å². The highest BCUT2D eigenvalue weighted by molar-refractivity contribution is 7.10. The van der Waals surface area contributed by atoms with Crippen LogP contribution in [0.5, 0.6) is 5.75 Å². The third kappa shape index (κ3) is 5.22. The smallest absolute Gasteiger partial charge is 0.416 e. The second kappa shape index (κ2) is 8.23. The molecule has 1 aliphatic heterocycles. The van der Waals surface area contributed by atoms with Crippen LogP contribution >= 0.6 is 11.3 Å². The summed E-state index contributed by atoms with van der Waals surface area (Å²) in [7, 11) is 0. The first kappa shape index (κ1) is 18.3. The molecule has 1 atom stereocenters. The fourth-order valence-corrected chi connectivity index (χ4v) is 3.89. The summed E-state index contributed by atoms with van der Waals surface area (Å²) in [6.07, 6.45) is 0.167. The van der Waals surface area contributed by atoms with Gasteiger partial charge in [0.2, 0.25) is 0 Å². The molecule has 0 aliphatic carbocycles. The molecule has 2 nitrogen and oxygen atoms in total. The van der Waals surface area contributed by atoms with Gasteiger partial charge in [0.15, 0.2) is 0 Å². The molecule has 25 heavy (non-hydrogen) atoms. The van der Waals surface area contributed by atoms with Crippen LogP contribution in [0.15, 0.2) is 41.8 Å². The molecule has 1 aromatic heterocycles. The molecular weight excluding hydrogens is 347 g/mol. The lowest BCUT2D eigenvalue weighted by molar-refractivity contribution is -0.137. The number of halogens is 3. The van der Waals surface area contributed by atoms with Crippen LogP contribution in [0.1, 0.15) is 42.2 Å². The number of hydrogen-bond donors (Lipinski definition) is 0. The second-order valence-electron chi connectivity index (χ2n) is 6.34. The van der Waals surface area contributed by atoms with Crippen LogP contribution in [0.2, 0.25) is 0 Å². The Morgan fingerprint density at radius 3 is 2.36 bits per heavy atom. The molecule has 6 heteroatoms. The topological polar surface area (TPSA) is 12.5 Å². The van der Waals surface area contributed by atoms with Gasteiger partial charge in [-0.3, -0.25) is 0 Å². The number of piperidine rings is 1. The van der Waals surface area contributed by atoms with Gasteiger partial charge < -0.3 is 9.64 Å². The molecule has 0 spiro atoms. The summed E-state index contributed by atoms with van der Waals surface area (Å²) in [5.41, 5.74) is -0.652. The van der Waals surface area contributed by atoms with Crippen LogP contribution < -0.4 is 4.74 Å². The highest BCUT2D eigenvalue weighted by Gasteiger charge is 2.30. The summed E-state index contributed by atoms with van der Waals surface area (Å²) in [6, 6.07) is 8.96. The summed E-state index contributed by atoms with van der Waals surface area (Å²) in [6.45, 7) is 3.19. The molecule has 0 N–H and O–H groups in total. The van der Waals surface area contributed by atoms with E-state index in [0.717, 1.165) is 43.1 Å². The van der Waals surface area contributed by atoms with Crippen molar-refractivity contribution in [1.82, 2.24) is 4.90 Å². The highest BCUT2D eigenvalue weighted by Crippen LogP contribution is 2.33. The maximum absolute atomic E-state index is 12.7. The monoisotopic (exact) mass is 369 g/mol. The minimum Gasteiger partial charge on any atom is -0.485 e. The summed E-state index contributed by atoms with van der Waals surface area (Å²) in [5.74, 6) is 0.477. The van der Waals surface area contributed by atoms with E-state index in [1.165, 1.54) is 31.4 Å². The molecule has 2 heterocycles. The average Bonchev–Trinajstić information content (AvgIpc) is 3.13. The van der Waals surface area contributed by atoms with Crippen molar-refractivity contribution in [1.29, 1.82) is 0 Å². The molecule has 1 aliphatic rings. The number of likely N-dealkylation sites (tertiary alicyclic amines) is 1. The SMILES string of the molecule is FC(F)(F)c1ccc(OC(CCN2CCCCC2)c2cccs2)cc1. The maximum Gasteiger partial charge on any atom is 0.416 e. The molecular formula is C19H22F3NOS. The third-order valence-corrected chi connectivity index (χ3v) is 5.44. The van der Waals surface area contributed by atoms with Crippen molar-refractivity contribution in [2.24, 2.45) is 0 Å². The maximum atomic E-state index is 12.7. The van der Waals surface area contributed by atoms with E-state index in [0.29, 0.717) is 5.75 Å². The van der Waals surface area contributed by atoms with E-state index in [4.69, 9.17) is 4.74 Å². The van der Waals surface area contributed by atoms with Crippen molar-refractivity contribution in [2.45, 2.75) is 38.0 Å². The minimum atomic E-state index is -4.32. The van der Waals surface area contributed by atoms with Gasteiger partial charge in [-0.25, -0.2) is 0 Å². The van der Waals surface area contributed by atoms with Crippen LogP contribution in [0, 0.1) is 0 Å². The standard InChI is InChI=1S/C19H22F3NOS/c20-19(21,22)15-6-8-16(9-7-15)24-17(18-5-4-14-25-18)10-13-23-11-2-1-3-12-23/h4-9,14,17H,1-3,10-13H2. The Hall–Kier alpha value is -1.53. The molecule has 1 unspecified atom stereocenters. The van der Waals surface area contributed by atoms with E-state index in [1.54, 1.807) is 11.3 Å². The first-order chi connectivity index (χ1) is 12.0. The van der Waals surface area contributed by atoms with Crippen molar-refractivity contribution in [2.75, 3.05) is 19.6 Å². The van der Waals surface area contributed by atoms with E-state index in [2.05, 4.69) is 4.90 Å². The van der Waals surface area contributed by atoms with Crippen molar-refractivity contribution in [3.8, 4) is 5.75 Å². The normalized spacial score (nSPS) is 17.4. The lowest BCUT2D eigenvalue weighted by Gasteiger charge is -2.28. The van der Waals surface area contributed by atoms with Crippen molar-refractivity contribution in [3.05, 3.63) is 52.2 Å². The number of nitrogens with zero attached hydrogens (tertiary/aromatic N) is 1. The zero-order valence-corrected chi connectivity index (χ0v) is 14.8. The number of benzene rings is 1. The van der Waals surface area contributed by atoms with Crippen molar-refractivity contribution < 1.29 is 17.9 Å². The van der Waals surface area contributed by atoms with E-state index in [1.807, 2.05) is 17.5 Å². The van der Waals surface area contributed by atoms with Gasteiger partial charge in [-0.2, -0.15) is 13.2 Å². The van der Waals surface area contributed by atoms with E-state index >= 15 is 0 Å². The van der Waals surface area contributed by atoms with Gasteiger partial charge in [0, 0.05) is 17.8 Å². The summed E-state index contributed by atoms with van der Waals surface area (Å²) >= 11 is 1.62. The van der Waals surface area contributed by atoms with Crippen LogP contribution in [0.3, 0.4) is 0 Å². The van der Waals surface area contributed by atoms with Crippen LogP contribution in [-0.2, 0) is 6.18 Å². The Bertz CT molecular complexity index is 634. The first-order valence-electron chi connectivity index (χ1n) is 8.62. The molecule has 0 radical (unpaired) electrons. The summed E-state index contributed by atoms with van der Waals surface area (Å²) in [4.78, 5) is 3.55. The van der Waals surface area contributed by atoms with Gasteiger partial charge in [-0.1, -0.05) is 12.5 Å². The molecule has 0 saturated carbocycles. The van der Waals surface area contributed by atoms with Crippen LogP contribution in [0.4, 0.5) is 13.2 Å². The predicted octanol–water partition coefficient (Wildman–Crippen LogP) is 5.76. The molecule has 3 rings (SSSR count). The van der Waals surface area contributed by atoms with Crippen molar-refractivity contribution >= 4 is 11.3 Å². The quantitative estimate of drug-likeness (QED) is 0.641. The number of thiophene rings is 1. The van der Waals surface area contributed by atoms with Gasteiger partial charge in [0.05, 0.1) is 5.56 Å². The Kier molecular flexibility index (Phi) is 6.02. The van der Waals surface area contributed by atoms with Crippen LogP contribution in [0.25, 0.3) is 0 Å². The second-order valence-corrected chi connectivity index (χ2v) is 7.31. The molecule has 0 amide bonds. The number of rotatable bonds is 6.